The molecule has 1 aliphatic rings. The average molecular weight is 375 g/mol. The smallest absolute Gasteiger partial charge is 0.269 e. The van der Waals surface area contributed by atoms with Gasteiger partial charge in [-0.05, 0) is 19.1 Å². The van der Waals surface area contributed by atoms with Gasteiger partial charge in [0.25, 0.3) is 5.69 Å². The molecule has 0 aromatic heterocycles. The third-order valence-corrected chi connectivity index (χ3v) is 4.49. The summed E-state index contributed by atoms with van der Waals surface area (Å²) in [6.07, 6.45) is 1.64. The zero-order valence-corrected chi connectivity index (χ0v) is 15.4. The van der Waals surface area contributed by atoms with Crippen LogP contribution in [0.3, 0.4) is 0 Å². The van der Waals surface area contributed by atoms with Crippen LogP contribution in [0.25, 0.3) is 0 Å². The highest BCUT2D eigenvalue weighted by Crippen LogP contribution is 2.16. The van der Waals surface area contributed by atoms with Crippen molar-refractivity contribution in [3.8, 4) is 0 Å². The summed E-state index contributed by atoms with van der Waals surface area (Å²) in [7, 11) is 0. The first kappa shape index (κ1) is 20.5. The van der Waals surface area contributed by atoms with E-state index in [1.807, 2.05) is 6.92 Å². The summed E-state index contributed by atoms with van der Waals surface area (Å²) < 4.78 is 0. The molecule has 146 valence electrons. The first-order valence-electron chi connectivity index (χ1n) is 8.80. The number of amides is 2. The Morgan fingerprint density at radius 1 is 1.26 bits per heavy atom. The Labute approximate surface area is 158 Å². The van der Waals surface area contributed by atoms with E-state index in [1.54, 1.807) is 6.08 Å². The number of nitro benzene ring substituents is 1. The Balaban J connectivity index is 1.79. The van der Waals surface area contributed by atoms with Crippen LogP contribution in [0.4, 0.5) is 11.4 Å². The molecule has 1 aromatic carbocycles. The minimum absolute atomic E-state index is 0.0192. The maximum atomic E-state index is 12.4. The number of benzene rings is 1. The third-order valence-electron chi connectivity index (χ3n) is 4.49. The Morgan fingerprint density at radius 2 is 1.89 bits per heavy atom. The Morgan fingerprint density at radius 3 is 2.44 bits per heavy atom. The van der Waals surface area contributed by atoms with Crippen LogP contribution in [-0.2, 0) is 9.59 Å². The zero-order chi connectivity index (χ0) is 19.8. The molecule has 0 radical (unpaired) electrons. The van der Waals surface area contributed by atoms with Crippen LogP contribution >= 0.6 is 0 Å². The number of nitro groups is 1. The Hall–Kier alpha value is -2.78. The van der Waals surface area contributed by atoms with Gasteiger partial charge in [-0.15, -0.1) is 6.58 Å². The number of rotatable bonds is 8. The normalized spacial score (nSPS) is 16.3. The second-order valence-electron chi connectivity index (χ2n) is 6.37. The van der Waals surface area contributed by atoms with Crippen LogP contribution in [0, 0.1) is 10.1 Å². The second-order valence-corrected chi connectivity index (χ2v) is 6.37. The highest BCUT2D eigenvalue weighted by atomic mass is 16.6. The van der Waals surface area contributed by atoms with Crippen LogP contribution in [-0.4, -0.2) is 71.8 Å². The molecule has 2 amide bonds. The van der Waals surface area contributed by atoms with Crippen molar-refractivity contribution in [2.24, 2.45) is 0 Å². The topological polar surface area (TPSA) is 108 Å². The molecule has 9 heteroatoms. The van der Waals surface area contributed by atoms with E-state index in [9.17, 15) is 19.7 Å². The number of piperazine rings is 1. The first-order chi connectivity index (χ1) is 12.9. The molecule has 0 spiro atoms. The van der Waals surface area contributed by atoms with Crippen LogP contribution < -0.4 is 10.6 Å². The predicted molar refractivity (Wildman–Crippen MR) is 102 cm³/mol. The first-order valence-corrected chi connectivity index (χ1v) is 8.80. The van der Waals surface area contributed by atoms with Crippen molar-refractivity contribution < 1.29 is 14.5 Å². The fourth-order valence-corrected chi connectivity index (χ4v) is 2.83. The third kappa shape index (κ3) is 6.15. The number of nitrogens with zero attached hydrogens (tertiary/aromatic N) is 3. The van der Waals surface area contributed by atoms with Gasteiger partial charge in [-0.2, -0.15) is 0 Å². The van der Waals surface area contributed by atoms with Crippen molar-refractivity contribution in [1.29, 1.82) is 0 Å². The Bertz CT molecular complexity index is 683. The SMILES string of the molecule is C=CCNC(=O)CN1CCN(C(C)C(=O)Nc2ccc([N+](=O)[O-])cc2)CC1. The van der Waals surface area contributed by atoms with Crippen molar-refractivity contribution >= 4 is 23.2 Å². The summed E-state index contributed by atoms with van der Waals surface area (Å²) >= 11 is 0. The number of hydrogen-bond donors (Lipinski definition) is 2. The summed E-state index contributed by atoms with van der Waals surface area (Å²) in [5, 5.41) is 16.2. The van der Waals surface area contributed by atoms with Crippen LogP contribution in [0.15, 0.2) is 36.9 Å². The van der Waals surface area contributed by atoms with Gasteiger partial charge in [-0.1, -0.05) is 6.08 Å². The standard InChI is InChI=1S/C18H25N5O4/c1-3-8-19-17(24)13-21-9-11-22(12-10-21)14(2)18(25)20-15-4-6-16(7-5-15)23(26)27/h3-7,14H,1,8-13H2,2H3,(H,19,24)(H,20,25). The molecule has 1 fully saturated rings. The lowest BCUT2D eigenvalue weighted by atomic mass is 10.2. The van der Waals surface area contributed by atoms with E-state index in [1.165, 1.54) is 24.3 Å². The molecule has 1 aromatic rings. The summed E-state index contributed by atoms with van der Waals surface area (Å²) in [5.41, 5.74) is 0.504. The molecule has 1 heterocycles. The molecule has 2 N–H and O–H groups in total. The van der Waals surface area contributed by atoms with Gasteiger partial charge in [-0.25, -0.2) is 0 Å². The maximum absolute atomic E-state index is 12.4. The van der Waals surface area contributed by atoms with Gasteiger partial charge in [-0.3, -0.25) is 29.5 Å². The summed E-state index contributed by atoms with van der Waals surface area (Å²) in [6, 6.07) is 5.41. The van der Waals surface area contributed by atoms with Crippen molar-refractivity contribution in [2.45, 2.75) is 13.0 Å². The zero-order valence-electron chi connectivity index (χ0n) is 15.4. The molecule has 1 saturated heterocycles. The van der Waals surface area contributed by atoms with E-state index in [0.29, 0.717) is 45.0 Å². The van der Waals surface area contributed by atoms with Gasteiger partial charge in [0.1, 0.15) is 0 Å². The van der Waals surface area contributed by atoms with Gasteiger partial charge in [0.15, 0.2) is 0 Å². The van der Waals surface area contributed by atoms with Crippen molar-refractivity contribution in [3.63, 3.8) is 0 Å². The van der Waals surface area contributed by atoms with Gasteiger partial charge in [0.2, 0.25) is 11.8 Å². The summed E-state index contributed by atoms with van der Waals surface area (Å²) in [5.74, 6) is -0.201. The molecule has 1 atom stereocenters. The number of nitrogens with one attached hydrogen (secondary N) is 2. The van der Waals surface area contributed by atoms with Crippen molar-refractivity contribution in [2.75, 3.05) is 44.6 Å². The number of carbonyl (C=O) groups is 2. The molecule has 27 heavy (non-hydrogen) atoms. The fraction of sp³-hybridized carbons (Fsp3) is 0.444. The maximum Gasteiger partial charge on any atom is 0.269 e. The lowest BCUT2D eigenvalue weighted by Crippen LogP contribution is -2.54. The van der Waals surface area contributed by atoms with E-state index in [-0.39, 0.29) is 23.5 Å². The lowest BCUT2D eigenvalue weighted by Gasteiger charge is -2.37. The molecule has 0 saturated carbocycles. The quantitative estimate of drug-likeness (QED) is 0.396. The minimum atomic E-state index is -0.481. The van der Waals surface area contributed by atoms with Gasteiger partial charge >= 0.3 is 0 Å². The highest BCUT2D eigenvalue weighted by Gasteiger charge is 2.26. The Kier molecular flexibility index (Phi) is 7.44. The lowest BCUT2D eigenvalue weighted by molar-refractivity contribution is -0.384. The van der Waals surface area contributed by atoms with E-state index in [2.05, 4.69) is 27.0 Å². The molecular weight excluding hydrogens is 350 g/mol. The highest BCUT2D eigenvalue weighted by molar-refractivity contribution is 5.94. The van der Waals surface area contributed by atoms with Crippen LogP contribution in [0.5, 0.6) is 0 Å². The summed E-state index contributed by atoms with van der Waals surface area (Å²) in [6.45, 7) is 8.96. The molecule has 9 nitrogen and oxygen atoms in total. The molecule has 1 aliphatic heterocycles. The molecule has 1 unspecified atom stereocenters. The molecule has 0 aliphatic carbocycles. The van der Waals surface area contributed by atoms with E-state index in [4.69, 9.17) is 0 Å². The number of anilines is 1. The number of hydrogen-bond acceptors (Lipinski definition) is 6. The van der Waals surface area contributed by atoms with Gasteiger partial charge in [0, 0.05) is 50.5 Å². The van der Waals surface area contributed by atoms with E-state index >= 15 is 0 Å². The monoisotopic (exact) mass is 375 g/mol. The molecule has 2 rings (SSSR count). The van der Waals surface area contributed by atoms with Crippen LogP contribution in [0.2, 0.25) is 0 Å². The van der Waals surface area contributed by atoms with Crippen LogP contribution in [0.1, 0.15) is 6.92 Å². The van der Waals surface area contributed by atoms with Crippen molar-refractivity contribution in [1.82, 2.24) is 15.1 Å². The largest absolute Gasteiger partial charge is 0.352 e. The predicted octanol–water partition coefficient (Wildman–Crippen LogP) is 0.842. The second kappa shape index (κ2) is 9.79. The molecule has 0 bridgehead atoms. The summed E-state index contributed by atoms with van der Waals surface area (Å²) in [4.78, 5) is 38.5. The van der Waals surface area contributed by atoms with Crippen molar-refractivity contribution in [3.05, 3.63) is 47.0 Å². The van der Waals surface area contributed by atoms with E-state index < -0.39 is 4.92 Å². The number of carbonyl (C=O) groups excluding carboxylic acids is 2. The molecular formula is C18H25N5O4. The van der Waals surface area contributed by atoms with E-state index in [0.717, 1.165) is 0 Å². The minimum Gasteiger partial charge on any atom is -0.352 e. The van der Waals surface area contributed by atoms with Gasteiger partial charge < -0.3 is 10.6 Å². The fourth-order valence-electron chi connectivity index (χ4n) is 2.83. The average Bonchev–Trinajstić information content (AvgIpc) is 2.66. The van der Waals surface area contributed by atoms with Gasteiger partial charge in [0.05, 0.1) is 17.5 Å². The number of non-ortho nitro benzene ring substituents is 1.